The number of halogens is 4. The van der Waals surface area contributed by atoms with Gasteiger partial charge in [-0.25, -0.2) is 4.98 Å². The van der Waals surface area contributed by atoms with Crippen LogP contribution < -0.4 is 5.32 Å². The number of aliphatic hydroxyl groups excluding tert-OH is 1. The van der Waals surface area contributed by atoms with Gasteiger partial charge >= 0.3 is 6.18 Å². The number of aliphatic hydroxyl groups is 1. The lowest BCUT2D eigenvalue weighted by Gasteiger charge is -2.43. The lowest BCUT2D eigenvalue weighted by atomic mass is 9.85. The number of hydrogen-bond acceptors (Lipinski definition) is 6. The minimum atomic E-state index is -4.57. The van der Waals surface area contributed by atoms with Crippen molar-refractivity contribution < 1.29 is 27.8 Å². The summed E-state index contributed by atoms with van der Waals surface area (Å²) in [5, 5.41) is 18.7. The summed E-state index contributed by atoms with van der Waals surface area (Å²) in [4.78, 5) is 18.9. The second kappa shape index (κ2) is 9.86. The number of nitrogens with zero attached hydrogens (tertiary/aromatic N) is 4. The highest BCUT2D eigenvalue weighted by molar-refractivity contribution is 6.32. The predicted molar refractivity (Wildman–Crippen MR) is 131 cm³/mol. The van der Waals surface area contributed by atoms with E-state index in [1.54, 1.807) is 12.3 Å². The normalized spacial score (nSPS) is 23.6. The Bertz CT molecular complexity index is 1310. The standard InChI is InChI=1S/C25H27ClF3N5O3/c1-24(14-37-13-21(24)35)33-5-2-15(3-6-33)18-8-16-10-22(30-11-17(16)9-19(18)26)31-23(36)12-34-7-4-20(32-34)25(27,28)29/h4,7-11,15,21,35H,2-3,5-6,12-14H2,1H3,(H,30,31,36)/t21-,24+/m0/s1. The number of amides is 1. The van der Waals surface area contributed by atoms with Gasteiger partial charge in [-0.3, -0.25) is 14.4 Å². The molecule has 2 aromatic heterocycles. The number of carbonyl (C=O) groups is 1. The first-order valence-electron chi connectivity index (χ1n) is 12.0. The lowest BCUT2D eigenvalue weighted by molar-refractivity contribution is -0.141. The Morgan fingerprint density at radius 1 is 1.27 bits per heavy atom. The number of aromatic nitrogens is 3. The van der Waals surface area contributed by atoms with Crippen LogP contribution in [-0.4, -0.2) is 68.6 Å². The molecule has 4 heterocycles. The molecule has 0 spiro atoms. The largest absolute Gasteiger partial charge is 0.435 e. The fraction of sp³-hybridized carbons (Fsp3) is 0.480. The van der Waals surface area contributed by atoms with E-state index in [0.29, 0.717) is 18.2 Å². The van der Waals surface area contributed by atoms with Gasteiger partial charge in [0.2, 0.25) is 5.91 Å². The molecule has 37 heavy (non-hydrogen) atoms. The number of hydrogen-bond donors (Lipinski definition) is 2. The van der Waals surface area contributed by atoms with Crippen molar-refractivity contribution >= 4 is 34.1 Å². The number of carbonyl (C=O) groups excluding carboxylic acids is 1. The third kappa shape index (κ3) is 5.31. The molecule has 2 fully saturated rings. The Labute approximate surface area is 216 Å². The van der Waals surface area contributed by atoms with Crippen LogP contribution in [0.2, 0.25) is 5.02 Å². The maximum atomic E-state index is 12.7. The molecule has 2 N–H and O–H groups in total. The summed E-state index contributed by atoms with van der Waals surface area (Å²) in [6.45, 7) is 4.17. The van der Waals surface area contributed by atoms with Gasteiger partial charge in [0.05, 0.1) is 24.9 Å². The number of alkyl halides is 3. The quantitative estimate of drug-likeness (QED) is 0.510. The molecule has 198 valence electrons. The van der Waals surface area contributed by atoms with E-state index in [0.717, 1.165) is 59.2 Å². The Balaban J connectivity index is 1.27. The number of likely N-dealkylation sites (tertiary alicyclic amines) is 1. The summed E-state index contributed by atoms with van der Waals surface area (Å²) in [5.74, 6) is -0.0196. The van der Waals surface area contributed by atoms with Crippen LogP contribution in [0.1, 0.15) is 36.9 Å². The molecule has 5 rings (SSSR count). The summed E-state index contributed by atoms with van der Waals surface area (Å²) < 4.78 is 44.6. The molecule has 2 saturated heterocycles. The van der Waals surface area contributed by atoms with Gasteiger partial charge < -0.3 is 15.2 Å². The molecule has 0 bridgehead atoms. The Kier molecular flexibility index (Phi) is 6.90. The van der Waals surface area contributed by atoms with E-state index in [1.807, 2.05) is 19.1 Å². The molecule has 1 aromatic carbocycles. The smallest absolute Gasteiger partial charge is 0.389 e. The van der Waals surface area contributed by atoms with Gasteiger partial charge in [-0.2, -0.15) is 18.3 Å². The van der Waals surface area contributed by atoms with Crippen molar-refractivity contribution in [2.75, 3.05) is 31.6 Å². The van der Waals surface area contributed by atoms with Crippen LogP contribution in [-0.2, 0) is 22.3 Å². The molecule has 0 radical (unpaired) electrons. The molecule has 0 saturated carbocycles. The number of piperidine rings is 1. The van der Waals surface area contributed by atoms with Crippen LogP contribution in [0, 0.1) is 0 Å². The van der Waals surface area contributed by atoms with Gasteiger partial charge in [0, 0.05) is 22.8 Å². The average molecular weight is 538 g/mol. The van der Waals surface area contributed by atoms with E-state index >= 15 is 0 Å². The Morgan fingerprint density at radius 3 is 2.68 bits per heavy atom. The SMILES string of the molecule is C[C@@]1(N2CCC(c3cc4cc(NC(=O)Cn5ccc(C(F)(F)F)n5)ncc4cc3Cl)CC2)COC[C@@H]1O. The number of fused-ring (bicyclic) bond motifs is 1. The molecule has 2 aliphatic rings. The minimum absolute atomic E-state index is 0.241. The second-order valence-electron chi connectivity index (χ2n) is 9.88. The van der Waals surface area contributed by atoms with Gasteiger partial charge in [0.1, 0.15) is 12.4 Å². The highest BCUT2D eigenvalue weighted by atomic mass is 35.5. The molecule has 2 aliphatic heterocycles. The van der Waals surface area contributed by atoms with Crippen LogP contribution in [0.25, 0.3) is 10.8 Å². The number of anilines is 1. The van der Waals surface area contributed by atoms with E-state index in [9.17, 15) is 23.1 Å². The minimum Gasteiger partial charge on any atom is -0.389 e. The maximum Gasteiger partial charge on any atom is 0.435 e. The van der Waals surface area contributed by atoms with Crippen LogP contribution >= 0.6 is 11.6 Å². The summed E-state index contributed by atoms with van der Waals surface area (Å²) in [7, 11) is 0. The summed E-state index contributed by atoms with van der Waals surface area (Å²) in [6, 6.07) is 6.41. The van der Waals surface area contributed by atoms with Gasteiger partial charge in [0.25, 0.3) is 0 Å². The van der Waals surface area contributed by atoms with Crippen LogP contribution in [0.3, 0.4) is 0 Å². The molecule has 8 nitrogen and oxygen atoms in total. The van der Waals surface area contributed by atoms with Crippen molar-refractivity contribution in [1.29, 1.82) is 0 Å². The number of ether oxygens (including phenoxy) is 1. The fourth-order valence-electron chi connectivity index (χ4n) is 5.15. The number of rotatable bonds is 5. The van der Waals surface area contributed by atoms with Crippen molar-refractivity contribution in [3.8, 4) is 0 Å². The first-order chi connectivity index (χ1) is 17.5. The van der Waals surface area contributed by atoms with Crippen molar-refractivity contribution in [3.05, 3.63) is 52.9 Å². The molecule has 0 unspecified atom stereocenters. The van der Waals surface area contributed by atoms with Crippen LogP contribution in [0.15, 0.2) is 36.7 Å². The third-order valence-electron chi connectivity index (χ3n) is 7.39. The van der Waals surface area contributed by atoms with E-state index in [1.165, 1.54) is 0 Å². The zero-order valence-electron chi connectivity index (χ0n) is 20.1. The Morgan fingerprint density at radius 2 is 2.03 bits per heavy atom. The first kappa shape index (κ1) is 25.9. The monoisotopic (exact) mass is 537 g/mol. The highest BCUT2D eigenvalue weighted by Gasteiger charge is 2.45. The van der Waals surface area contributed by atoms with Crippen molar-refractivity contribution in [2.45, 2.75) is 50.0 Å². The van der Waals surface area contributed by atoms with E-state index < -0.39 is 23.9 Å². The van der Waals surface area contributed by atoms with Crippen molar-refractivity contribution in [3.63, 3.8) is 0 Å². The summed E-state index contributed by atoms with van der Waals surface area (Å²) in [6.07, 6.45) is -0.605. The number of benzene rings is 1. The van der Waals surface area contributed by atoms with E-state index in [2.05, 4.69) is 20.3 Å². The van der Waals surface area contributed by atoms with Gasteiger partial charge in [0.15, 0.2) is 5.69 Å². The Hall–Kier alpha value is -2.73. The molecular formula is C25H27ClF3N5O3. The summed E-state index contributed by atoms with van der Waals surface area (Å²) in [5.41, 5.74) is -0.412. The molecule has 2 atom stereocenters. The van der Waals surface area contributed by atoms with Gasteiger partial charge in [-0.05, 0) is 74.0 Å². The highest BCUT2D eigenvalue weighted by Crippen LogP contribution is 2.38. The zero-order valence-corrected chi connectivity index (χ0v) is 20.9. The van der Waals surface area contributed by atoms with Crippen molar-refractivity contribution in [1.82, 2.24) is 19.7 Å². The summed E-state index contributed by atoms with van der Waals surface area (Å²) >= 11 is 6.64. The predicted octanol–water partition coefficient (Wildman–Crippen LogP) is 4.07. The van der Waals surface area contributed by atoms with E-state index in [4.69, 9.17) is 16.3 Å². The lowest BCUT2D eigenvalue weighted by Crippen LogP contribution is -2.56. The average Bonchev–Trinajstić information content (AvgIpc) is 3.46. The second-order valence-corrected chi connectivity index (χ2v) is 10.3. The molecule has 3 aromatic rings. The third-order valence-corrected chi connectivity index (χ3v) is 7.71. The van der Waals surface area contributed by atoms with Gasteiger partial charge in [-0.15, -0.1) is 0 Å². The molecule has 12 heteroatoms. The number of nitrogens with one attached hydrogen (secondary N) is 1. The molecular weight excluding hydrogens is 511 g/mol. The van der Waals surface area contributed by atoms with E-state index in [-0.39, 0.29) is 23.8 Å². The number of pyridine rings is 1. The first-order valence-corrected chi connectivity index (χ1v) is 12.4. The molecule has 0 aliphatic carbocycles. The van der Waals surface area contributed by atoms with Crippen molar-refractivity contribution in [2.24, 2.45) is 0 Å². The topological polar surface area (TPSA) is 92.5 Å². The van der Waals surface area contributed by atoms with Crippen LogP contribution in [0.5, 0.6) is 0 Å². The fourth-order valence-corrected chi connectivity index (χ4v) is 5.48. The maximum absolute atomic E-state index is 12.7. The zero-order chi connectivity index (χ0) is 26.4. The van der Waals surface area contributed by atoms with Gasteiger partial charge in [-0.1, -0.05) is 11.6 Å². The van der Waals surface area contributed by atoms with Crippen LogP contribution in [0.4, 0.5) is 19.0 Å². The molecule has 1 amide bonds.